The summed E-state index contributed by atoms with van der Waals surface area (Å²) in [6.45, 7) is 5.60. The number of methoxy groups -OCH3 is 1. The number of nitrogens with zero attached hydrogens (tertiary/aromatic N) is 1. The lowest BCUT2D eigenvalue weighted by atomic mass is 10.1. The molecule has 0 aromatic carbocycles. The standard InChI is InChI=1S/C11H22ClNO/c1-10-5-7-13(11(10)9-12)6-3-4-8-14-2/h10-11H,3-9H2,1-2H3. The highest BCUT2D eigenvalue weighted by Gasteiger charge is 2.29. The van der Waals surface area contributed by atoms with E-state index >= 15 is 0 Å². The van der Waals surface area contributed by atoms with Crippen molar-refractivity contribution in [1.82, 2.24) is 4.90 Å². The van der Waals surface area contributed by atoms with E-state index in [9.17, 15) is 0 Å². The fourth-order valence-corrected chi connectivity index (χ4v) is 2.68. The highest BCUT2D eigenvalue weighted by atomic mass is 35.5. The summed E-state index contributed by atoms with van der Waals surface area (Å²) < 4.78 is 5.04. The molecule has 3 heteroatoms. The Bertz CT molecular complexity index is 154. The molecule has 1 aliphatic rings. The van der Waals surface area contributed by atoms with E-state index < -0.39 is 0 Å². The van der Waals surface area contributed by atoms with E-state index in [-0.39, 0.29) is 0 Å². The monoisotopic (exact) mass is 219 g/mol. The minimum atomic E-state index is 0.610. The average molecular weight is 220 g/mol. The number of likely N-dealkylation sites (tertiary alicyclic amines) is 1. The lowest BCUT2D eigenvalue weighted by molar-refractivity contribution is 0.181. The SMILES string of the molecule is COCCCCN1CCC(C)C1CCl. The quantitative estimate of drug-likeness (QED) is 0.503. The van der Waals surface area contributed by atoms with Crippen molar-refractivity contribution >= 4 is 11.6 Å². The summed E-state index contributed by atoms with van der Waals surface area (Å²) in [6.07, 6.45) is 3.70. The van der Waals surface area contributed by atoms with Gasteiger partial charge >= 0.3 is 0 Å². The minimum Gasteiger partial charge on any atom is -0.385 e. The second kappa shape index (κ2) is 6.65. The third-order valence-corrected chi connectivity index (χ3v) is 3.52. The van der Waals surface area contributed by atoms with Gasteiger partial charge in [-0.05, 0) is 38.3 Å². The fourth-order valence-electron chi connectivity index (χ4n) is 2.18. The van der Waals surface area contributed by atoms with E-state index in [4.69, 9.17) is 16.3 Å². The zero-order valence-corrected chi connectivity index (χ0v) is 10.1. The fraction of sp³-hybridized carbons (Fsp3) is 1.00. The lowest BCUT2D eigenvalue weighted by Crippen LogP contribution is -2.34. The Morgan fingerprint density at radius 1 is 1.43 bits per heavy atom. The molecule has 2 unspecified atom stereocenters. The second-order valence-corrected chi connectivity index (χ2v) is 4.53. The van der Waals surface area contributed by atoms with E-state index in [1.165, 1.54) is 25.9 Å². The summed E-state index contributed by atoms with van der Waals surface area (Å²) in [6, 6.07) is 0.610. The van der Waals surface area contributed by atoms with Crippen LogP contribution in [0.15, 0.2) is 0 Å². The molecule has 0 aromatic rings. The van der Waals surface area contributed by atoms with Gasteiger partial charge in [-0.2, -0.15) is 0 Å². The topological polar surface area (TPSA) is 12.5 Å². The number of unbranched alkanes of at least 4 members (excludes halogenated alkanes) is 1. The maximum Gasteiger partial charge on any atom is 0.0462 e. The van der Waals surface area contributed by atoms with E-state index in [1.807, 2.05) is 0 Å². The van der Waals surface area contributed by atoms with Crippen molar-refractivity contribution in [1.29, 1.82) is 0 Å². The summed E-state index contributed by atoms with van der Waals surface area (Å²) in [7, 11) is 1.76. The third kappa shape index (κ3) is 3.41. The minimum absolute atomic E-state index is 0.610. The molecule has 0 N–H and O–H groups in total. The van der Waals surface area contributed by atoms with E-state index in [0.717, 1.165) is 24.8 Å². The van der Waals surface area contributed by atoms with E-state index in [0.29, 0.717) is 6.04 Å². The lowest BCUT2D eigenvalue weighted by Gasteiger charge is -2.24. The zero-order chi connectivity index (χ0) is 10.4. The van der Waals surface area contributed by atoms with Crippen molar-refractivity contribution < 1.29 is 4.74 Å². The molecular weight excluding hydrogens is 198 g/mol. The van der Waals surface area contributed by atoms with Crippen molar-refractivity contribution in [2.45, 2.75) is 32.2 Å². The molecule has 0 aliphatic carbocycles. The highest BCUT2D eigenvalue weighted by Crippen LogP contribution is 2.24. The van der Waals surface area contributed by atoms with Crippen LogP contribution >= 0.6 is 11.6 Å². The van der Waals surface area contributed by atoms with Crippen LogP contribution in [-0.2, 0) is 4.74 Å². The first-order valence-corrected chi connectivity index (χ1v) is 6.12. The number of rotatable bonds is 6. The van der Waals surface area contributed by atoms with Crippen molar-refractivity contribution in [3.8, 4) is 0 Å². The molecule has 0 spiro atoms. The van der Waals surface area contributed by atoms with Gasteiger partial charge in [0.05, 0.1) is 0 Å². The Kier molecular flexibility index (Phi) is 5.83. The molecule has 1 rings (SSSR count). The maximum absolute atomic E-state index is 5.97. The molecule has 1 saturated heterocycles. The van der Waals surface area contributed by atoms with Crippen LogP contribution in [-0.4, -0.2) is 43.6 Å². The Morgan fingerprint density at radius 2 is 2.21 bits per heavy atom. The number of halogens is 1. The Labute approximate surface area is 92.6 Å². The molecule has 2 nitrogen and oxygen atoms in total. The molecule has 0 saturated carbocycles. The summed E-state index contributed by atoms with van der Waals surface area (Å²) in [4.78, 5) is 2.54. The van der Waals surface area contributed by atoms with Crippen LogP contribution in [0.25, 0.3) is 0 Å². The van der Waals surface area contributed by atoms with Gasteiger partial charge in [-0.25, -0.2) is 0 Å². The van der Waals surface area contributed by atoms with Crippen LogP contribution in [0.3, 0.4) is 0 Å². The molecular formula is C11H22ClNO. The first-order chi connectivity index (χ1) is 6.79. The average Bonchev–Trinajstić information content (AvgIpc) is 2.54. The predicted octanol–water partition coefficient (Wildman–Crippen LogP) is 2.36. The molecule has 1 aliphatic heterocycles. The first kappa shape index (κ1) is 12.3. The number of hydrogen-bond acceptors (Lipinski definition) is 2. The van der Waals surface area contributed by atoms with Crippen LogP contribution < -0.4 is 0 Å². The molecule has 84 valence electrons. The molecule has 0 amide bonds. The van der Waals surface area contributed by atoms with Gasteiger partial charge in [-0.15, -0.1) is 11.6 Å². The predicted molar refractivity (Wildman–Crippen MR) is 61.0 cm³/mol. The number of alkyl halides is 1. The Hall–Kier alpha value is 0.210. The van der Waals surface area contributed by atoms with Gasteiger partial charge in [0.15, 0.2) is 0 Å². The largest absolute Gasteiger partial charge is 0.385 e. The summed E-state index contributed by atoms with van der Waals surface area (Å²) >= 11 is 5.97. The van der Waals surface area contributed by atoms with Gasteiger partial charge in [0, 0.05) is 25.6 Å². The van der Waals surface area contributed by atoms with Gasteiger partial charge < -0.3 is 4.74 Å². The summed E-state index contributed by atoms with van der Waals surface area (Å²) in [5.41, 5.74) is 0. The van der Waals surface area contributed by atoms with Crippen LogP contribution in [0.4, 0.5) is 0 Å². The molecule has 2 atom stereocenters. The molecule has 0 aromatic heterocycles. The van der Waals surface area contributed by atoms with Gasteiger partial charge in [0.2, 0.25) is 0 Å². The first-order valence-electron chi connectivity index (χ1n) is 5.58. The number of hydrogen-bond donors (Lipinski definition) is 0. The molecule has 1 heterocycles. The van der Waals surface area contributed by atoms with Crippen LogP contribution in [0.1, 0.15) is 26.2 Å². The molecule has 14 heavy (non-hydrogen) atoms. The smallest absolute Gasteiger partial charge is 0.0462 e. The molecule has 1 fully saturated rings. The Morgan fingerprint density at radius 3 is 2.86 bits per heavy atom. The Balaban J connectivity index is 2.17. The van der Waals surface area contributed by atoms with Crippen molar-refractivity contribution in [3.63, 3.8) is 0 Å². The maximum atomic E-state index is 5.97. The third-order valence-electron chi connectivity index (χ3n) is 3.20. The summed E-state index contributed by atoms with van der Waals surface area (Å²) in [5.74, 6) is 1.56. The summed E-state index contributed by atoms with van der Waals surface area (Å²) in [5, 5.41) is 0. The van der Waals surface area contributed by atoms with Crippen molar-refractivity contribution in [3.05, 3.63) is 0 Å². The number of ether oxygens (including phenoxy) is 1. The normalized spacial score (nSPS) is 28.5. The van der Waals surface area contributed by atoms with Crippen LogP contribution in [0, 0.1) is 5.92 Å². The van der Waals surface area contributed by atoms with Crippen molar-refractivity contribution in [2.24, 2.45) is 5.92 Å². The second-order valence-electron chi connectivity index (χ2n) is 4.22. The van der Waals surface area contributed by atoms with Crippen molar-refractivity contribution in [2.75, 3.05) is 32.7 Å². The van der Waals surface area contributed by atoms with Crippen LogP contribution in [0.5, 0.6) is 0 Å². The van der Waals surface area contributed by atoms with E-state index in [1.54, 1.807) is 7.11 Å². The zero-order valence-electron chi connectivity index (χ0n) is 9.34. The molecule has 0 radical (unpaired) electrons. The van der Waals surface area contributed by atoms with Crippen LogP contribution in [0.2, 0.25) is 0 Å². The molecule has 0 bridgehead atoms. The highest BCUT2D eigenvalue weighted by molar-refractivity contribution is 6.18. The van der Waals surface area contributed by atoms with Gasteiger partial charge in [-0.3, -0.25) is 4.90 Å². The van der Waals surface area contributed by atoms with E-state index in [2.05, 4.69) is 11.8 Å². The van der Waals surface area contributed by atoms with Gasteiger partial charge in [0.1, 0.15) is 0 Å². The van der Waals surface area contributed by atoms with Gasteiger partial charge in [0.25, 0.3) is 0 Å². The van der Waals surface area contributed by atoms with Gasteiger partial charge in [-0.1, -0.05) is 6.92 Å².